The molecule has 1 amide bonds. The van der Waals surface area contributed by atoms with Gasteiger partial charge in [-0.1, -0.05) is 13.0 Å². The van der Waals surface area contributed by atoms with Gasteiger partial charge in [-0.25, -0.2) is 8.78 Å². The fourth-order valence-electron chi connectivity index (χ4n) is 4.60. The molecule has 4 N–H and O–H groups in total. The molecule has 1 aliphatic heterocycles. The van der Waals surface area contributed by atoms with Crippen molar-refractivity contribution in [1.82, 2.24) is 14.8 Å². The molecule has 2 atom stereocenters. The summed E-state index contributed by atoms with van der Waals surface area (Å²) in [6.07, 6.45) is 0.849. The highest BCUT2D eigenvalue weighted by Crippen LogP contribution is 2.41. The molecule has 208 valence electrons. The molecule has 2 aromatic rings. The lowest BCUT2D eigenvalue weighted by Crippen LogP contribution is -2.56. The number of aromatic hydroxyl groups is 1. The van der Waals surface area contributed by atoms with Crippen molar-refractivity contribution in [1.29, 1.82) is 0 Å². The van der Waals surface area contributed by atoms with Crippen LogP contribution in [-0.4, -0.2) is 75.6 Å². The molecule has 2 unspecified atom stereocenters. The summed E-state index contributed by atoms with van der Waals surface area (Å²) in [7, 11) is -1.29. The Balaban J connectivity index is 1.97. The fourth-order valence-corrected chi connectivity index (χ4v) is 5.18. The number of amides is 1. The molecule has 3 rings (SSSR count). The number of halogens is 2. The van der Waals surface area contributed by atoms with Crippen LogP contribution in [0, 0.1) is 17.0 Å². The Morgan fingerprint density at radius 1 is 1.32 bits per heavy atom. The number of likely N-dealkylation sites (N-methyl/N-ethyl adjacent to an activating group) is 1. The molecule has 0 saturated heterocycles. The topological polar surface area (TPSA) is 158 Å². The van der Waals surface area contributed by atoms with Gasteiger partial charge in [-0.05, 0) is 19.5 Å². The van der Waals surface area contributed by atoms with Crippen LogP contribution in [0.3, 0.4) is 0 Å². The van der Waals surface area contributed by atoms with E-state index < -0.39 is 65.3 Å². The standard InChI is InChI=1S/C24H30F2N3O8P/c1-24(6-8-37-3)18(28(2)7-9-38(34,35)36)13-29-12-16(20(30)21(31)19(29)22(24)32)23(33)27-11-14-4-5-15(25)10-17(14)26/h4-5,10,12,18,31H,6-9,11,13H2,1-3H3,(H,27,33)(H2,34,35,36). The molecule has 38 heavy (non-hydrogen) atoms. The molecule has 11 nitrogen and oxygen atoms in total. The fraction of sp³-hybridized carbons (Fsp3) is 0.458. The Morgan fingerprint density at radius 3 is 2.61 bits per heavy atom. The molecule has 0 bridgehead atoms. The summed E-state index contributed by atoms with van der Waals surface area (Å²) in [5.74, 6) is -4.15. The maximum atomic E-state index is 13.9. The number of nitrogens with one attached hydrogen (secondary N) is 1. The molecular weight excluding hydrogens is 527 g/mol. The lowest BCUT2D eigenvalue weighted by Gasteiger charge is -2.46. The number of rotatable bonds is 10. The van der Waals surface area contributed by atoms with Crippen LogP contribution in [0.15, 0.2) is 29.2 Å². The van der Waals surface area contributed by atoms with E-state index in [0.717, 1.165) is 18.3 Å². The number of methoxy groups -OCH3 is 1. The summed E-state index contributed by atoms with van der Waals surface area (Å²) in [6.45, 7) is 1.37. The van der Waals surface area contributed by atoms with Crippen molar-refractivity contribution in [3.8, 4) is 5.75 Å². The number of aromatic nitrogens is 1. The SMILES string of the molecule is COCCC1(C)C(=O)c2c(O)c(=O)c(C(=O)NCc3ccc(F)cc3F)cn2CC1N(C)CCP(=O)(O)O. The van der Waals surface area contributed by atoms with Gasteiger partial charge in [-0.3, -0.25) is 23.8 Å². The summed E-state index contributed by atoms with van der Waals surface area (Å²) < 4.78 is 44.9. The van der Waals surface area contributed by atoms with E-state index in [0.29, 0.717) is 6.07 Å². The zero-order chi connectivity index (χ0) is 28.4. The third kappa shape index (κ3) is 6.19. The van der Waals surface area contributed by atoms with E-state index in [9.17, 15) is 42.6 Å². The zero-order valence-corrected chi connectivity index (χ0v) is 22.0. The minimum absolute atomic E-state index is 0.000341. The normalized spacial score (nSPS) is 19.5. The highest BCUT2D eigenvalue weighted by molar-refractivity contribution is 7.51. The molecule has 1 aromatic carbocycles. The Hall–Kier alpha value is -2.96. The summed E-state index contributed by atoms with van der Waals surface area (Å²) in [5, 5.41) is 13.1. The summed E-state index contributed by atoms with van der Waals surface area (Å²) in [4.78, 5) is 59.6. The largest absolute Gasteiger partial charge is 0.503 e. The van der Waals surface area contributed by atoms with Crippen LogP contribution >= 0.6 is 7.60 Å². The van der Waals surface area contributed by atoms with Gasteiger partial charge < -0.3 is 29.5 Å². The van der Waals surface area contributed by atoms with Gasteiger partial charge in [0.15, 0.2) is 11.5 Å². The Kier molecular flexibility index (Phi) is 8.89. The van der Waals surface area contributed by atoms with E-state index in [1.165, 1.54) is 11.7 Å². The summed E-state index contributed by atoms with van der Waals surface area (Å²) in [6, 6.07) is 2.16. The van der Waals surface area contributed by atoms with E-state index in [2.05, 4.69) is 5.32 Å². The second kappa shape index (κ2) is 11.4. The van der Waals surface area contributed by atoms with E-state index in [1.807, 2.05) is 0 Å². The second-order valence-corrected chi connectivity index (χ2v) is 11.3. The smallest absolute Gasteiger partial charge is 0.326 e. The van der Waals surface area contributed by atoms with Crippen LogP contribution in [0.5, 0.6) is 5.75 Å². The molecule has 0 spiro atoms. The maximum Gasteiger partial charge on any atom is 0.326 e. The number of ether oxygens (including phenoxy) is 1. The van der Waals surface area contributed by atoms with Gasteiger partial charge in [0.25, 0.3) is 5.91 Å². The molecule has 1 aliphatic rings. The van der Waals surface area contributed by atoms with Crippen molar-refractivity contribution in [2.24, 2.45) is 5.41 Å². The van der Waals surface area contributed by atoms with Gasteiger partial charge in [-0.15, -0.1) is 0 Å². The predicted octanol–water partition coefficient (Wildman–Crippen LogP) is 1.48. The number of benzene rings is 1. The number of hydrogen-bond donors (Lipinski definition) is 4. The number of carbonyl (C=O) groups excluding carboxylic acids is 2. The predicted molar refractivity (Wildman–Crippen MR) is 132 cm³/mol. The van der Waals surface area contributed by atoms with Crippen LogP contribution in [0.1, 0.15) is 39.8 Å². The average molecular weight is 557 g/mol. The van der Waals surface area contributed by atoms with Crippen LogP contribution in [0.4, 0.5) is 8.78 Å². The quantitative estimate of drug-likeness (QED) is 0.318. The molecule has 2 heterocycles. The van der Waals surface area contributed by atoms with E-state index in [-0.39, 0.29) is 43.9 Å². The van der Waals surface area contributed by atoms with Crippen LogP contribution < -0.4 is 10.7 Å². The molecule has 0 aliphatic carbocycles. The number of nitrogens with zero attached hydrogens (tertiary/aromatic N) is 2. The maximum absolute atomic E-state index is 13.9. The van der Waals surface area contributed by atoms with E-state index in [4.69, 9.17) is 4.74 Å². The summed E-state index contributed by atoms with van der Waals surface area (Å²) in [5.41, 5.74) is -3.12. The minimum Gasteiger partial charge on any atom is -0.503 e. The van der Waals surface area contributed by atoms with Gasteiger partial charge in [0.1, 0.15) is 22.9 Å². The average Bonchev–Trinajstić information content (AvgIpc) is 2.84. The van der Waals surface area contributed by atoms with Gasteiger partial charge in [-0.2, -0.15) is 0 Å². The van der Waals surface area contributed by atoms with Gasteiger partial charge in [0, 0.05) is 57.2 Å². The first-order chi connectivity index (χ1) is 17.7. The van der Waals surface area contributed by atoms with Gasteiger partial charge >= 0.3 is 7.60 Å². The zero-order valence-electron chi connectivity index (χ0n) is 21.1. The molecule has 0 fully saturated rings. The number of hydrogen-bond acceptors (Lipinski definition) is 7. The second-order valence-electron chi connectivity index (χ2n) is 9.51. The van der Waals surface area contributed by atoms with Crippen molar-refractivity contribution in [3.05, 3.63) is 63.1 Å². The summed E-state index contributed by atoms with van der Waals surface area (Å²) >= 11 is 0. The number of ketones is 1. The monoisotopic (exact) mass is 557 g/mol. The number of pyridine rings is 1. The van der Waals surface area contributed by atoms with E-state index in [1.54, 1.807) is 18.9 Å². The first-order valence-corrected chi connectivity index (χ1v) is 13.5. The molecule has 14 heteroatoms. The molecule has 0 radical (unpaired) electrons. The van der Waals surface area contributed by atoms with Crippen molar-refractivity contribution in [2.45, 2.75) is 32.5 Å². The van der Waals surface area contributed by atoms with E-state index >= 15 is 0 Å². The first-order valence-electron chi connectivity index (χ1n) is 11.7. The highest BCUT2D eigenvalue weighted by Gasteiger charge is 2.49. The molecule has 0 saturated carbocycles. The van der Waals surface area contributed by atoms with Gasteiger partial charge in [0.2, 0.25) is 5.43 Å². The van der Waals surface area contributed by atoms with Crippen LogP contribution in [-0.2, 0) is 22.4 Å². The lowest BCUT2D eigenvalue weighted by atomic mass is 9.71. The first kappa shape index (κ1) is 29.6. The molecular formula is C24H30F2N3O8P. The minimum atomic E-state index is -4.33. The van der Waals surface area contributed by atoms with Crippen molar-refractivity contribution >= 4 is 19.3 Å². The highest BCUT2D eigenvalue weighted by atomic mass is 31.2. The third-order valence-electron chi connectivity index (χ3n) is 6.90. The number of fused-ring (bicyclic) bond motifs is 1. The Morgan fingerprint density at radius 2 is 2.00 bits per heavy atom. The van der Waals surface area contributed by atoms with Crippen molar-refractivity contribution in [2.75, 3.05) is 33.5 Å². The van der Waals surface area contributed by atoms with Crippen LogP contribution in [0.25, 0.3) is 0 Å². The number of Topliss-reactive ketones (excluding diaryl/α,β-unsaturated/α-hetero) is 1. The lowest BCUT2D eigenvalue weighted by molar-refractivity contribution is 0.0294. The number of carbonyl (C=O) groups is 2. The molecule has 1 aromatic heterocycles. The van der Waals surface area contributed by atoms with Crippen molar-refractivity contribution in [3.63, 3.8) is 0 Å². The Labute approximate surface area is 217 Å². The van der Waals surface area contributed by atoms with Gasteiger partial charge in [0.05, 0.1) is 11.6 Å². The Bertz CT molecular complexity index is 1340. The van der Waals surface area contributed by atoms with Crippen LogP contribution in [0.2, 0.25) is 0 Å². The third-order valence-corrected chi connectivity index (χ3v) is 7.68. The van der Waals surface area contributed by atoms with Crippen molar-refractivity contribution < 1.29 is 42.6 Å².